The minimum Gasteiger partial charge on any atom is -0.481 e. The largest absolute Gasteiger partial charge is 0.481 e. The summed E-state index contributed by atoms with van der Waals surface area (Å²) in [5.74, 6) is -1.15. The number of amides is 2. The van der Waals surface area contributed by atoms with Crippen molar-refractivity contribution in [2.75, 3.05) is 40.0 Å². The first kappa shape index (κ1) is 16.7. The number of carbonyl (C=O) groups is 2. The second kappa shape index (κ2) is 8.76. The van der Waals surface area contributed by atoms with E-state index in [-0.39, 0.29) is 31.0 Å². The van der Waals surface area contributed by atoms with E-state index in [2.05, 4.69) is 5.32 Å². The van der Waals surface area contributed by atoms with Crippen molar-refractivity contribution in [2.45, 2.75) is 19.3 Å². The zero-order chi connectivity index (χ0) is 15.0. The zero-order valence-corrected chi connectivity index (χ0v) is 11.9. The van der Waals surface area contributed by atoms with Crippen LogP contribution in [0.25, 0.3) is 0 Å². The highest BCUT2D eigenvalue weighted by Gasteiger charge is 2.33. The minimum absolute atomic E-state index is 0.00477. The van der Waals surface area contributed by atoms with Crippen molar-refractivity contribution in [3.8, 4) is 0 Å². The number of hydrogen-bond donors (Lipinski definition) is 3. The first-order chi connectivity index (χ1) is 9.60. The van der Waals surface area contributed by atoms with E-state index < -0.39 is 5.97 Å². The van der Waals surface area contributed by atoms with Crippen LogP contribution >= 0.6 is 0 Å². The molecule has 7 nitrogen and oxygen atoms in total. The number of nitrogens with one attached hydrogen (secondary N) is 1. The predicted octanol–water partition coefficient (Wildman–Crippen LogP) is 0.138. The molecule has 1 saturated carbocycles. The minimum atomic E-state index is -0.784. The number of methoxy groups -OCH3 is 1. The maximum atomic E-state index is 12.0. The van der Waals surface area contributed by atoms with Gasteiger partial charge < -0.3 is 25.2 Å². The van der Waals surface area contributed by atoms with Gasteiger partial charge in [-0.05, 0) is 18.8 Å². The van der Waals surface area contributed by atoms with E-state index in [0.717, 1.165) is 12.8 Å². The molecule has 2 amide bonds. The van der Waals surface area contributed by atoms with Crippen LogP contribution < -0.4 is 5.32 Å². The number of rotatable bonds is 8. The Balaban J connectivity index is 2.41. The monoisotopic (exact) mass is 288 g/mol. The predicted molar refractivity (Wildman–Crippen MR) is 72.4 cm³/mol. The second-order valence-electron chi connectivity index (χ2n) is 5.03. The first-order valence-electron chi connectivity index (χ1n) is 6.95. The Morgan fingerprint density at radius 1 is 1.35 bits per heavy atom. The quantitative estimate of drug-likeness (QED) is 0.590. The Morgan fingerprint density at radius 2 is 2.10 bits per heavy atom. The average Bonchev–Trinajstić information content (AvgIpc) is 2.89. The summed E-state index contributed by atoms with van der Waals surface area (Å²) in [5.41, 5.74) is 0. The Morgan fingerprint density at radius 3 is 2.70 bits per heavy atom. The smallest absolute Gasteiger partial charge is 0.317 e. The van der Waals surface area contributed by atoms with Gasteiger partial charge in [-0.25, -0.2) is 4.79 Å². The van der Waals surface area contributed by atoms with Gasteiger partial charge in [0.15, 0.2) is 0 Å². The molecule has 0 spiro atoms. The number of carbonyl (C=O) groups excluding carboxylic acids is 1. The third-order valence-corrected chi connectivity index (χ3v) is 3.71. The summed E-state index contributed by atoms with van der Waals surface area (Å²) in [4.78, 5) is 24.5. The molecule has 7 heteroatoms. The third-order valence-electron chi connectivity index (χ3n) is 3.71. The Labute approximate surface area is 118 Å². The fourth-order valence-electron chi connectivity index (χ4n) is 2.57. The van der Waals surface area contributed by atoms with Crippen LogP contribution in [0.3, 0.4) is 0 Å². The van der Waals surface area contributed by atoms with Gasteiger partial charge in [0.25, 0.3) is 0 Å². The van der Waals surface area contributed by atoms with Gasteiger partial charge in [0, 0.05) is 26.7 Å². The molecule has 0 aromatic carbocycles. The molecule has 1 aliphatic rings. The molecular formula is C13H24N2O5. The highest BCUT2D eigenvalue weighted by molar-refractivity contribution is 5.74. The molecule has 1 fully saturated rings. The van der Waals surface area contributed by atoms with Gasteiger partial charge in [0.2, 0.25) is 0 Å². The molecule has 0 saturated heterocycles. The van der Waals surface area contributed by atoms with E-state index in [1.807, 2.05) is 0 Å². The zero-order valence-electron chi connectivity index (χ0n) is 11.9. The van der Waals surface area contributed by atoms with Crippen LogP contribution in [0.5, 0.6) is 0 Å². The summed E-state index contributed by atoms with van der Waals surface area (Å²) in [7, 11) is 1.55. The lowest BCUT2D eigenvalue weighted by atomic mass is 9.96. The van der Waals surface area contributed by atoms with Crippen molar-refractivity contribution in [1.82, 2.24) is 10.2 Å². The Bertz CT molecular complexity index is 324. The standard InChI is InChI=1S/C13H24N2O5/c1-20-8-6-15(5-7-16)13(19)14-9-10-3-2-4-11(10)12(17)18/h10-11,16H,2-9H2,1H3,(H,14,19)(H,17,18). The number of carboxylic acids is 1. The molecule has 20 heavy (non-hydrogen) atoms. The number of aliphatic carboxylic acids is 1. The lowest BCUT2D eigenvalue weighted by Gasteiger charge is -2.23. The second-order valence-corrected chi connectivity index (χ2v) is 5.03. The van der Waals surface area contributed by atoms with E-state index in [0.29, 0.717) is 26.1 Å². The summed E-state index contributed by atoms with van der Waals surface area (Å²) in [6.45, 7) is 1.29. The van der Waals surface area contributed by atoms with Gasteiger partial charge in [0.1, 0.15) is 0 Å². The lowest BCUT2D eigenvalue weighted by molar-refractivity contribution is -0.142. The van der Waals surface area contributed by atoms with Crippen molar-refractivity contribution in [2.24, 2.45) is 11.8 Å². The van der Waals surface area contributed by atoms with Crippen LogP contribution in [0.1, 0.15) is 19.3 Å². The van der Waals surface area contributed by atoms with Crippen LogP contribution in [-0.4, -0.2) is 67.1 Å². The average molecular weight is 288 g/mol. The van der Waals surface area contributed by atoms with Crippen molar-refractivity contribution in [3.63, 3.8) is 0 Å². The molecule has 0 aromatic rings. The molecule has 1 aliphatic carbocycles. The van der Waals surface area contributed by atoms with Crippen LogP contribution in [0, 0.1) is 11.8 Å². The molecule has 0 aliphatic heterocycles. The van der Waals surface area contributed by atoms with Crippen LogP contribution in [0.15, 0.2) is 0 Å². The summed E-state index contributed by atoms with van der Waals surface area (Å²) in [5, 5.41) is 20.8. The van der Waals surface area contributed by atoms with Gasteiger partial charge in [-0.1, -0.05) is 6.42 Å². The lowest BCUT2D eigenvalue weighted by Crippen LogP contribution is -2.45. The highest BCUT2D eigenvalue weighted by atomic mass is 16.5. The van der Waals surface area contributed by atoms with Gasteiger partial charge in [-0.3, -0.25) is 4.79 Å². The highest BCUT2D eigenvalue weighted by Crippen LogP contribution is 2.31. The molecule has 1 rings (SSSR count). The summed E-state index contributed by atoms with van der Waals surface area (Å²) in [6.07, 6.45) is 2.40. The number of ether oxygens (including phenoxy) is 1. The van der Waals surface area contributed by atoms with Crippen LogP contribution in [-0.2, 0) is 9.53 Å². The summed E-state index contributed by atoms with van der Waals surface area (Å²) < 4.78 is 4.91. The van der Waals surface area contributed by atoms with E-state index >= 15 is 0 Å². The first-order valence-corrected chi connectivity index (χ1v) is 6.95. The van der Waals surface area contributed by atoms with Crippen molar-refractivity contribution in [1.29, 1.82) is 0 Å². The topological polar surface area (TPSA) is 99.1 Å². The molecule has 3 N–H and O–H groups in total. The van der Waals surface area contributed by atoms with E-state index in [9.17, 15) is 9.59 Å². The molecule has 0 aromatic heterocycles. The Kier molecular flexibility index (Phi) is 7.32. The third kappa shape index (κ3) is 4.97. The summed E-state index contributed by atoms with van der Waals surface area (Å²) >= 11 is 0. The molecule has 2 unspecified atom stereocenters. The SMILES string of the molecule is COCCN(CCO)C(=O)NCC1CCCC1C(=O)O. The number of aliphatic hydroxyl groups excluding tert-OH is 1. The molecule has 0 bridgehead atoms. The van der Waals surface area contributed by atoms with Gasteiger partial charge in [0.05, 0.1) is 19.1 Å². The molecule has 0 heterocycles. The van der Waals surface area contributed by atoms with Crippen molar-refractivity contribution in [3.05, 3.63) is 0 Å². The molecule has 2 atom stereocenters. The van der Waals surface area contributed by atoms with Crippen LogP contribution in [0.4, 0.5) is 4.79 Å². The van der Waals surface area contributed by atoms with Gasteiger partial charge >= 0.3 is 12.0 Å². The van der Waals surface area contributed by atoms with E-state index in [1.54, 1.807) is 7.11 Å². The normalized spacial score (nSPS) is 21.7. The molecular weight excluding hydrogens is 264 g/mol. The maximum Gasteiger partial charge on any atom is 0.317 e. The fourth-order valence-corrected chi connectivity index (χ4v) is 2.57. The van der Waals surface area contributed by atoms with Crippen molar-refractivity contribution < 1.29 is 24.5 Å². The number of carboxylic acid groups (broad SMARTS) is 1. The number of urea groups is 1. The van der Waals surface area contributed by atoms with Crippen LogP contribution in [0.2, 0.25) is 0 Å². The fraction of sp³-hybridized carbons (Fsp3) is 0.846. The summed E-state index contributed by atoms with van der Waals surface area (Å²) in [6, 6.07) is -0.285. The van der Waals surface area contributed by atoms with Crippen molar-refractivity contribution >= 4 is 12.0 Å². The van der Waals surface area contributed by atoms with Gasteiger partial charge in [-0.2, -0.15) is 0 Å². The maximum absolute atomic E-state index is 12.0. The number of nitrogens with zero attached hydrogens (tertiary/aromatic N) is 1. The van der Waals surface area contributed by atoms with Gasteiger partial charge in [-0.15, -0.1) is 0 Å². The Hall–Kier alpha value is -1.34. The van der Waals surface area contributed by atoms with E-state index in [4.69, 9.17) is 14.9 Å². The number of aliphatic hydroxyl groups is 1. The molecule has 116 valence electrons. The number of hydrogen-bond acceptors (Lipinski definition) is 4. The van der Waals surface area contributed by atoms with E-state index in [1.165, 1.54) is 4.90 Å². The molecule has 0 radical (unpaired) electrons.